The number of hydrogen-bond acceptors (Lipinski definition) is 6. The average Bonchev–Trinajstić information content (AvgIpc) is 3.04. The fourth-order valence-electron chi connectivity index (χ4n) is 3.63. The van der Waals surface area contributed by atoms with Crippen LogP contribution in [0.5, 0.6) is 11.5 Å². The molecule has 0 bridgehead atoms. The van der Waals surface area contributed by atoms with E-state index in [1.807, 2.05) is 76.2 Å². The third kappa shape index (κ3) is 7.00. The molecule has 0 radical (unpaired) electrons. The third-order valence-corrected chi connectivity index (χ3v) is 6.49. The highest BCUT2D eigenvalue weighted by Gasteiger charge is 2.51. The number of carbonyl (C=O) groups is 1. The number of esters is 1. The highest BCUT2D eigenvalue weighted by molar-refractivity contribution is 6.62. The Morgan fingerprint density at radius 2 is 1.53 bits per heavy atom. The summed E-state index contributed by atoms with van der Waals surface area (Å²) >= 11 is 0. The maximum atomic E-state index is 11.2. The second-order valence-corrected chi connectivity index (χ2v) is 9.66. The van der Waals surface area contributed by atoms with Gasteiger partial charge in [0.1, 0.15) is 6.61 Å². The van der Waals surface area contributed by atoms with Crippen molar-refractivity contribution >= 4 is 18.6 Å². The minimum absolute atomic E-state index is 0.154. The molecule has 0 spiro atoms. The van der Waals surface area contributed by atoms with Crippen LogP contribution in [0.1, 0.15) is 65.4 Å². The van der Waals surface area contributed by atoms with Crippen molar-refractivity contribution in [2.75, 3.05) is 13.7 Å². The molecule has 0 amide bonds. The van der Waals surface area contributed by atoms with Gasteiger partial charge in [0.2, 0.25) is 0 Å². The molecule has 184 valence electrons. The molecule has 3 rings (SSSR count). The highest BCUT2D eigenvalue weighted by Crippen LogP contribution is 2.37. The van der Waals surface area contributed by atoms with Crippen molar-refractivity contribution in [3.63, 3.8) is 0 Å². The van der Waals surface area contributed by atoms with Gasteiger partial charge in [-0.25, -0.2) is 0 Å². The van der Waals surface area contributed by atoms with Crippen molar-refractivity contribution in [2.45, 2.75) is 77.6 Å². The monoisotopic (exact) mass is 468 g/mol. The van der Waals surface area contributed by atoms with Crippen molar-refractivity contribution in [3.8, 4) is 11.5 Å². The Morgan fingerprint density at radius 1 is 0.853 bits per heavy atom. The molecule has 1 fully saturated rings. The largest absolute Gasteiger partial charge is 0.494 e. The first kappa shape index (κ1) is 26.1. The Morgan fingerprint density at radius 3 is 2.21 bits per heavy atom. The molecule has 0 saturated carbocycles. The fourth-order valence-corrected chi connectivity index (χ4v) is 3.63. The molecule has 1 aliphatic heterocycles. The molecule has 0 N–H and O–H groups in total. The zero-order chi connectivity index (χ0) is 24.6. The lowest BCUT2D eigenvalue weighted by molar-refractivity contribution is -0.140. The van der Waals surface area contributed by atoms with E-state index in [1.54, 1.807) is 0 Å². The Kier molecular flexibility index (Phi) is 9.03. The second-order valence-electron chi connectivity index (χ2n) is 9.66. The van der Waals surface area contributed by atoms with E-state index in [0.29, 0.717) is 31.1 Å². The first-order valence-corrected chi connectivity index (χ1v) is 12.1. The lowest BCUT2D eigenvalue weighted by Crippen LogP contribution is -2.41. The molecular formula is C27H37BO6. The molecule has 0 unspecified atom stereocenters. The molecule has 1 aliphatic rings. The van der Waals surface area contributed by atoms with Gasteiger partial charge in [-0.2, -0.15) is 0 Å². The highest BCUT2D eigenvalue weighted by atomic mass is 16.7. The number of hydrogen-bond donors (Lipinski definition) is 0. The fraction of sp³-hybridized carbons (Fsp3) is 0.519. The van der Waals surface area contributed by atoms with Gasteiger partial charge in [-0.3, -0.25) is 4.79 Å². The molecule has 34 heavy (non-hydrogen) atoms. The van der Waals surface area contributed by atoms with Crippen LogP contribution in [0, 0.1) is 0 Å². The standard InChI is InChI=1S/C27H37BO6/c1-26(2)27(3,4)34-28(33-26)22-16-17-23(31-18-12-7-6-11-15-25(29)30-5)24(19-22)32-20-21-13-9-8-10-14-21/h8-10,13-14,16-17,19H,6-7,11-12,15,18,20H2,1-5H3. The Labute approximate surface area is 204 Å². The summed E-state index contributed by atoms with van der Waals surface area (Å²) in [6.07, 6.45) is 4.16. The summed E-state index contributed by atoms with van der Waals surface area (Å²) in [6, 6.07) is 15.9. The predicted octanol–water partition coefficient (Wildman–Crippen LogP) is 5.07. The van der Waals surface area contributed by atoms with Crippen molar-refractivity contribution in [1.29, 1.82) is 0 Å². The smallest absolute Gasteiger partial charge is 0.490 e. The van der Waals surface area contributed by atoms with Crippen LogP contribution in [-0.4, -0.2) is 38.0 Å². The number of carbonyl (C=O) groups excluding carboxylic acids is 1. The van der Waals surface area contributed by atoms with Gasteiger partial charge in [-0.1, -0.05) is 49.2 Å². The second kappa shape index (κ2) is 11.8. The van der Waals surface area contributed by atoms with Crippen LogP contribution in [0.15, 0.2) is 48.5 Å². The van der Waals surface area contributed by atoms with E-state index in [0.717, 1.165) is 36.7 Å². The van der Waals surface area contributed by atoms with Gasteiger partial charge in [0.05, 0.1) is 24.9 Å². The van der Waals surface area contributed by atoms with Crippen LogP contribution in [0.2, 0.25) is 0 Å². The van der Waals surface area contributed by atoms with E-state index >= 15 is 0 Å². The van der Waals surface area contributed by atoms with Gasteiger partial charge in [0, 0.05) is 6.42 Å². The summed E-state index contributed by atoms with van der Waals surface area (Å²) in [5, 5.41) is 0. The Hall–Kier alpha value is -2.51. The van der Waals surface area contributed by atoms with Crippen LogP contribution in [-0.2, 0) is 25.4 Å². The maximum absolute atomic E-state index is 11.2. The molecule has 6 nitrogen and oxygen atoms in total. The predicted molar refractivity (Wildman–Crippen MR) is 134 cm³/mol. The Balaban J connectivity index is 1.63. The van der Waals surface area contributed by atoms with Crippen LogP contribution in [0.4, 0.5) is 0 Å². The molecule has 0 aliphatic carbocycles. The van der Waals surface area contributed by atoms with E-state index in [9.17, 15) is 4.79 Å². The zero-order valence-corrected chi connectivity index (χ0v) is 21.1. The average molecular weight is 468 g/mol. The van der Waals surface area contributed by atoms with Crippen molar-refractivity contribution in [3.05, 3.63) is 54.1 Å². The lowest BCUT2D eigenvalue weighted by atomic mass is 9.79. The minimum Gasteiger partial charge on any atom is -0.490 e. The van der Waals surface area contributed by atoms with Crippen molar-refractivity contribution in [1.82, 2.24) is 0 Å². The van der Waals surface area contributed by atoms with Crippen LogP contribution >= 0.6 is 0 Å². The van der Waals surface area contributed by atoms with E-state index in [1.165, 1.54) is 7.11 Å². The summed E-state index contributed by atoms with van der Waals surface area (Å²) in [6.45, 7) is 9.20. The first-order chi connectivity index (χ1) is 16.2. The Bertz CT molecular complexity index is 912. The minimum atomic E-state index is -0.465. The molecule has 2 aromatic rings. The molecular weight excluding hydrogens is 431 g/mol. The van der Waals surface area contributed by atoms with Crippen molar-refractivity contribution < 1.29 is 28.3 Å². The normalized spacial score (nSPS) is 16.3. The number of benzene rings is 2. The van der Waals surface area contributed by atoms with Gasteiger partial charge in [0.25, 0.3) is 0 Å². The molecule has 1 heterocycles. The number of unbranched alkanes of at least 4 members (excludes halogenated alkanes) is 3. The summed E-state index contributed by atoms with van der Waals surface area (Å²) in [4.78, 5) is 11.2. The van der Waals surface area contributed by atoms with Crippen LogP contribution in [0.25, 0.3) is 0 Å². The van der Waals surface area contributed by atoms with Crippen LogP contribution in [0.3, 0.4) is 0 Å². The zero-order valence-electron chi connectivity index (χ0n) is 21.1. The van der Waals surface area contributed by atoms with Gasteiger partial charge in [0.15, 0.2) is 11.5 Å². The van der Waals surface area contributed by atoms with Gasteiger partial charge >= 0.3 is 13.1 Å². The molecule has 0 atom stereocenters. The van der Waals surface area contributed by atoms with Gasteiger partial charge in [-0.05, 0) is 63.7 Å². The summed E-state index contributed by atoms with van der Waals surface area (Å²) in [5.41, 5.74) is 1.16. The van der Waals surface area contributed by atoms with Gasteiger partial charge < -0.3 is 23.5 Å². The quantitative estimate of drug-likeness (QED) is 0.246. The molecule has 1 saturated heterocycles. The summed E-state index contributed by atoms with van der Waals surface area (Å²) < 4.78 is 29.4. The third-order valence-electron chi connectivity index (χ3n) is 6.49. The van der Waals surface area contributed by atoms with E-state index < -0.39 is 18.3 Å². The first-order valence-electron chi connectivity index (χ1n) is 12.1. The van der Waals surface area contributed by atoms with Gasteiger partial charge in [-0.15, -0.1) is 0 Å². The number of methoxy groups -OCH3 is 1. The lowest BCUT2D eigenvalue weighted by Gasteiger charge is -2.32. The number of rotatable bonds is 12. The van der Waals surface area contributed by atoms with E-state index in [4.69, 9.17) is 18.8 Å². The summed E-state index contributed by atoms with van der Waals surface area (Å²) in [7, 11) is 0.957. The molecule has 2 aromatic carbocycles. The molecule has 7 heteroatoms. The van der Waals surface area contributed by atoms with Crippen molar-refractivity contribution in [2.24, 2.45) is 0 Å². The van der Waals surface area contributed by atoms with Crippen LogP contribution < -0.4 is 14.9 Å². The molecule has 0 aromatic heterocycles. The maximum Gasteiger partial charge on any atom is 0.494 e. The van der Waals surface area contributed by atoms with E-state index in [2.05, 4.69) is 4.74 Å². The topological polar surface area (TPSA) is 63.2 Å². The SMILES string of the molecule is COC(=O)CCCCCCOc1ccc(B2OC(C)(C)C(C)(C)O2)cc1OCc1ccccc1. The van der Waals surface area contributed by atoms with E-state index in [-0.39, 0.29) is 5.97 Å². The number of ether oxygens (including phenoxy) is 3. The summed E-state index contributed by atoms with van der Waals surface area (Å²) in [5.74, 6) is 1.21.